The first-order chi connectivity index (χ1) is 13.4. The fourth-order valence-corrected chi connectivity index (χ4v) is 3.96. The minimum Gasteiger partial charge on any atom is -0.388 e. The van der Waals surface area contributed by atoms with Gasteiger partial charge < -0.3 is 15.7 Å². The Morgan fingerprint density at radius 3 is 2.46 bits per heavy atom. The number of likely N-dealkylation sites (tertiary alicyclic amines) is 1. The number of hydrogen-bond acceptors (Lipinski definition) is 3. The van der Waals surface area contributed by atoms with E-state index in [9.17, 15) is 9.90 Å². The number of nitrogens with two attached hydrogens (primary N) is 1. The van der Waals surface area contributed by atoms with Crippen molar-refractivity contribution in [3.05, 3.63) is 71.3 Å². The third-order valence-corrected chi connectivity index (χ3v) is 6.19. The van der Waals surface area contributed by atoms with E-state index in [-0.39, 0.29) is 5.91 Å². The van der Waals surface area contributed by atoms with Crippen molar-refractivity contribution in [2.24, 2.45) is 5.73 Å². The van der Waals surface area contributed by atoms with Crippen LogP contribution in [0.2, 0.25) is 0 Å². The van der Waals surface area contributed by atoms with Gasteiger partial charge in [-0.1, -0.05) is 54.6 Å². The quantitative estimate of drug-likeness (QED) is 0.769. The molecule has 1 heterocycles. The Morgan fingerprint density at radius 2 is 1.82 bits per heavy atom. The largest absolute Gasteiger partial charge is 0.388 e. The molecule has 0 radical (unpaired) electrons. The topological polar surface area (TPSA) is 66.6 Å². The van der Waals surface area contributed by atoms with Crippen molar-refractivity contribution in [2.45, 2.75) is 50.5 Å². The molecule has 3 N–H and O–H groups in total. The number of primary amides is 1. The zero-order chi connectivity index (χ0) is 20.1. The first kappa shape index (κ1) is 20.6. The number of hydrogen-bond donors (Lipinski definition) is 2. The number of aliphatic hydroxyl groups excluding tert-OH is 1. The van der Waals surface area contributed by atoms with Crippen molar-refractivity contribution in [1.82, 2.24) is 4.90 Å². The molecular formula is C24H32N2O2. The third kappa shape index (κ3) is 4.81. The fourth-order valence-electron chi connectivity index (χ4n) is 3.96. The summed E-state index contributed by atoms with van der Waals surface area (Å²) in [6.07, 6.45) is 2.56. The van der Waals surface area contributed by atoms with E-state index >= 15 is 0 Å². The van der Waals surface area contributed by atoms with Crippen molar-refractivity contribution in [3.63, 3.8) is 0 Å². The highest BCUT2D eigenvalue weighted by molar-refractivity contribution is 5.85. The number of carbonyl (C=O) groups is 1. The Labute approximate surface area is 168 Å². The lowest BCUT2D eigenvalue weighted by atomic mass is 9.80. The summed E-state index contributed by atoms with van der Waals surface area (Å²) in [6, 6.07) is 18.2. The second-order valence-electron chi connectivity index (χ2n) is 8.45. The summed E-state index contributed by atoms with van der Waals surface area (Å²) < 4.78 is 0. The molecule has 150 valence electrons. The van der Waals surface area contributed by atoms with Gasteiger partial charge >= 0.3 is 0 Å². The number of aliphatic hydroxyl groups is 1. The first-order valence-electron chi connectivity index (χ1n) is 10.2. The van der Waals surface area contributed by atoms with E-state index in [1.54, 1.807) is 0 Å². The molecule has 2 aromatic rings. The van der Waals surface area contributed by atoms with Gasteiger partial charge in [0.2, 0.25) is 5.91 Å². The fraction of sp³-hybridized carbons (Fsp3) is 0.458. The van der Waals surface area contributed by atoms with Crippen molar-refractivity contribution < 1.29 is 9.90 Å². The van der Waals surface area contributed by atoms with E-state index in [0.29, 0.717) is 5.92 Å². The smallest absolute Gasteiger partial charge is 0.227 e. The van der Waals surface area contributed by atoms with E-state index in [2.05, 4.69) is 17.0 Å². The highest BCUT2D eigenvalue weighted by Crippen LogP contribution is 2.32. The lowest BCUT2D eigenvalue weighted by Crippen LogP contribution is -2.36. The van der Waals surface area contributed by atoms with Gasteiger partial charge in [0.1, 0.15) is 0 Å². The molecule has 1 aliphatic heterocycles. The average molecular weight is 381 g/mol. The summed E-state index contributed by atoms with van der Waals surface area (Å²) in [7, 11) is 0. The summed E-state index contributed by atoms with van der Waals surface area (Å²) in [5.41, 5.74) is 8.22. The van der Waals surface area contributed by atoms with Gasteiger partial charge in [-0.3, -0.25) is 4.79 Å². The maximum atomic E-state index is 11.8. The Kier molecular flexibility index (Phi) is 6.53. The van der Waals surface area contributed by atoms with Gasteiger partial charge in [0.15, 0.2) is 0 Å². The van der Waals surface area contributed by atoms with Crippen molar-refractivity contribution in [1.29, 1.82) is 0 Å². The molecule has 4 heteroatoms. The van der Waals surface area contributed by atoms with Gasteiger partial charge in [-0.2, -0.15) is 0 Å². The van der Waals surface area contributed by atoms with E-state index in [1.165, 1.54) is 5.56 Å². The number of benzene rings is 2. The van der Waals surface area contributed by atoms with Gasteiger partial charge in [-0.25, -0.2) is 0 Å². The minimum absolute atomic E-state index is 0.295. The zero-order valence-corrected chi connectivity index (χ0v) is 17.0. The molecule has 0 saturated carbocycles. The zero-order valence-electron chi connectivity index (χ0n) is 17.0. The molecule has 0 aliphatic carbocycles. The first-order valence-corrected chi connectivity index (χ1v) is 10.2. The molecule has 4 nitrogen and oxygen atoms in total. The van der Waals surface area contributed by atoms with Crippen LogP contribution in [-0.4, -0.2) is 35.5 Å². The average Bonchev–Trinajstić information content (AvgIpc) is 2.73. The summed E-state index contributed by atoms with van der Waals surface area (Å²) >= 11 is 0. The van der Waals surface area contributed by atoms with Crippen LogP contribution in [0.3, 0.4) is 0 Å². The van der Waals surface area contributed by atoms with Gasteiger partial charge in [0, 0.05) is 6.54 Å². The van der Waals surface area contributed by atoms with Crippen molar-refractivity contribution >= 4 is 5.91 Å². The van der Waals surface area contributed by atoms with Crippen LogP contribution < -0.4 is 5.73 Å². The lowest BCUT2D eigenvalue weighted by molar-refractivity contribution is -0.122. The molecule has 2 aromatic carbocycles. The van der Waals surface area contributed by atoms with Crippen LogP contribution in [0.1, 0.15) is 61.8 Å². The van der Waals surface area contributed by atoms with Crippen LogP contribution in [0, 0.1) is 0 Å². The Bertz CT molecular complexity index is 780. The Morgan fingerprint density at radius 1 is 1.14 bits per heavy atom. The van der Waals surface area contributed by atoms with Crippen LogP contribution >= 0.6 is 0 Å². The third-order valence-electron chi connectivity index (χ3n) is 6.19. The van der Waals surface area contributed by atoms with Crippen LogP contribution in [-0.2, 0) is 10.2 Å². The number of carbonyl (C=O) groups excluding carboxylic acids is 1. The predicted octanol–water partition coefficient (Wildman–Crippen LogP) is 3.75. The van der Waals surface area contributed by atoms with Crippen molar-refractivity contribution in [3.8, 4) is 0 Å². The van der Waals surface area contributed by atoms with Gasteiger partial charge in [0.25, 0.3) is 0 Å². The molecule has 1 aliphatic rings. The van der Waals surface area contributed by atoms with Crippen LogP contribution in [0.25, 0.3) is 0 Å². The highest BCUT2D eigenvalue weighted by Gasteiger charge is 2.28. The number of amides is 1. The van der Waals surface area contributed by atoms with Gasteiger partial charge in [-0.05, 0) is 68.8 Å². The normalized spacial score (nSPS) is 17.4. The summed E-state index contributed by atoms with van der Waals surface area (Å²) in [6.45, 7) is 6.76. The number of rotatable bonds is 7. The molecule has 0 aromatic heterocycles. The maximum Gasteiger partial charge on any atom is 0.227 e. The monoisotopic (exact) mass is 380 g/mol. The maximum absolute atomic E-state index is 11.8. The predicted molar refractivity (Wildman–Crippen MR) is 113 cm³/mol. The highest BCUT2D eigenvalue weighted by atomic mass is 16.3. The molecule has 1 saturated heterocycles. The SMILES string of the molecule is CC(C)(C(N)=O)c1cccc(C2CCN(CC[C@H](O)c3ccccc3)CC2)c1. The lowest BCUT2D eigenvalue weighted by Gasteiger charge is -2.33. The minimum atomic E-state index is -0.649. The van der Waals surface area contributed by atoms with E-state index in [0.717, 1.165) is 50.0 Å². The second-order valence-corrected chi connectivity index (χ2v) is 8.45. The van der Waals surface area contributed by atoms with Crippen LogP contribution in [0.15, 0.2) is 54.6 Å². The molecule has 0 unspecified atom stereocenters. The summed E-state index contributed by atoms with van der Waals surface area (Å²) in [5, 5.41) is 10.4. The summed E-state index contributed by atoms with van der Waals surface area (Å²) in [5.74, 6) is 0.218. The van der Waals surface area contributed by atoms with E-state index in [4.69, 9.17) is 5.73 Å². The molecule has 0 bridgehead atoms. The van der Waals surface area contributed by atoms with E-state index in [1.807, 2.05) is 56.3 Å². The van der Waals surface area contributed by atoms with Crippen LogP contribution in [0.4, 0.5) is 0 Å². The Hall–Kier alpha value is -2.17. The number of nitrogens with zero attached hydrogens (tertiary/aromatic N) is 1. The summed E-state index contributed by atoms with van der Waals surface area (Å²) in [4.78, 5) is 14.2. The molecule has 28 heavy (non-hydrogen) atoms. The van der Waals surface area contributed by atoms with Gasteiger partial charge in [-0.15, -0.1) is 0 Å². The Balaban J connectivity index is 1.54. The van der Waals surface area contributed by atoms with Crippen molar-refractivity contribution in [2.75, 3.05) is 19.6 Å². The molecule has 3 rings (SSSR count). The van der Waals surface area contributed by atoms with Crippen LogP contribution in [0.5, 0.6) is 0 Å². The number of piperidine rings is 1. The van der Waals surface area contributed by atoms with E-state index < -0.39 is 11.5 Å². The molecule has 1 amide bonds. The standard InChI is InChI=1S/C24H32N2O2/c1-24(2,23(25)28)21-10-6-9-20(17-21)18-11-14-26(15-12-18)16-13-22(27)19-7-4-3-5-8-19/h3-10,17-18,22,27H,11-16H2,1-2H3,(H2,25,28)/t22-/m0/s1. The molecule has 1 atom stereocenters. The molecule has 1 fully saturated rings. The molecule has 0 spiro atoms. The molecular weight excluding hydrogens is 348 g/mol. The van der Waals surface area contributed by atoms with Gasteiger partial charge in [0.05, 0.1) is 11.5 Å². The second kappa shape index (κ2) is 8.89.